The number of ether oxygens (including phenoxy) is 1. The third-order valence-corrected chi connectivity index (χ3v) is 7.71. The maximum absolute atomic E-state index is 12.0. The Morgan fingerprint density at radius 1 is 1.39 bits per heavy atom. The molecule has 5 rings (SSSR count). The van der Waals surface area contributed by atoms with E-state index in [1.54, 1.807) is 16.8 Å². The van der Waals surface area contributed by atoms with Gasteiger partial charge in [-0.2, -0.15) is 0 Å². The van der Waals surface area contributed by atoms with Gasteiger partial charge in [-0.3, -0.25) is 4.79 Å². The van der Waals surface area contributed by atoms with Gasteiger partial charge in [-0.15, -0.1) is 11.3 Å². The molecule has 2 N–H and O–H groups in total. The average Bonchev–Trinajstić information content (AvgIpc) is 3.58. The number of hydrogen-bond acceptors (Lipinski definition) is 7. The molecule has 2 atom stereocenters. The minimum Gasteiger partial charge on any atom is -0.483 e. The summed E-state index contributed by atoms with van der Waals surface area (Å²) in [6.45, 7) is 7.02. The molecule has 0 radical (unpaired) electrons. The van der Waals surface area contributed by atoms with Crippen LogP contribution in [0.2, 0.25) is 5.02 Å². The van der Waals surface area contributed by atoms with E-state index in [4.69, 9.17) is 16.3 Å². The van der Waals surface area contributed by atoms with Crippen LogP contribution in [0.3, 0.4) is 0 Å². The number of halogens is 1. The molecule has 2 aromatic heterocycles. The quantitative estimate of drug-likeness (QED) is 0.377. The number of likely N-dealkylation sites (tertiary alicyclic amines) is 1. The number of fused-ring (bicyclic) bond motifs is 1. The van der Waals surface area contributed by atoms with Gasteiger partial charge in [0.1, 0.15) is 23.8 Å². The van der Waals surface area contributed by atoms with Crippen LogP contribution in [-0.2, 0) is 4.79 Å². The summed E-state index contributed by atoms with van der Waals surface area (Å²) in [5.41, 5.74) is 5.92. The summed E-state index contributed by atoms with van der Waals surface area (Å²) >= 11 is 8.14. The van der Waals surface area contributed by atoms with Crippen LogP contribution in [0.4, 0.5) is 11.5 Å². The number of thiazole rings is 1. The average molecular weight is 525 g/mol. The van der Waals surface area contributed by atoms with E-state index < -0.39 is 0 Å². The Balaban J connectivity index is 1.33. The van der Waals surface area contributed by atoms with Crippen molar-refractivity contribution < 1.29 is 9.53 Å². The van der Waals surface area contributed by atoms with Gasteiger partial charge in [-0.1, -0.05) is 18.2 Å². The maximum atomic E-state index is 12.0. The molecule has 8 nitrogen and oxygen atoms in total. The second kappa shape index (κ2) is 10.4. The van der Waals surface area contributed by atoms with Gasteiger partial charge in [0.25, 0.3) is 0 Å². The molecule has 2 aliphatic rings. The lowest BCUT2D eigenvalue weighted by atomic mass is 9.87. The van der Waals surface area contributed by atoms with E-state index in [-0.39, 0.29) is 18.2 Å². The standard InChI is InChI=1S/C26H29ClN6O2S/c1-4-23(34)33-9-7-17(8-10-33)19-12-28-25-24(19)26(32(3)14-29-25)31-18-5-6-22(20(27)11-18)35-16(2)21-13-36-15-30-21/h4-6,11-17,26,28,31H,1,7-10H2,2-3H3. The van der Waals surface area contributed by atoms with E-state index in [0.29, 0.717) is 16.7 Å². The molecule has 36 heavy (non-hydrogen) atoms. The number of H-pyrrole nitrogens is 1. The number of nitrogens with one attached hydrogen (secondary N) is 2. The number of aromatic amines is 1. The number of carbonyl (C=O) groups excluding carboxylic acids is 1. The molecule has 1 aromatic carbocycles. The largest absolute Gasteiger partial charge is 0.483 e. The van der Waals surface area contributed by atoms with Crippen LogP contribution in [0.1, 0.15) is 54.8 Å². The van der Waals surface area contributed by atoms with Crippen LogP contribution in [-0.4, -0.2) is 52.2 Å². The first-order valence-corrected chi connectivity index (χ1v) is 13.3. The molecule has 0 aliphatic carbocycles. The molecule has 10 heteroatoms. The smallest absolute Gasteiger partial charge is 0.245 e. The minimum absolute atomic E-state index is 0.00120. The zero-order chi connectivity index (χ0) is 25.2. The van der Waals surface area contributed by atoms with Crippen LogP contribution < -0.4 is 10.1 Å². The molecule has 1 amide bonds. The zero-order valence-corrected chi connectivity index (χ0v) is 21.9. The number of rotatable bonds is 7. The van der Waals surface area contributed by atoms with Crippen molar-refractivity contribution >= 4 is 46.7 Å². The van der Waals surface area contributed by atoms with Crippen LogP contribution in [0, 0.1) is 0 Å². The Hall–Kier alpha value is -3.30. The van der Waals surface area contributed by atoms with Crippen molar-refractivity contribution in [1.29, 1.82) is 0 Å². The van der Waals surface area contributed by atoms with Crippen molar-refractivity contribution in [2.24, 2.45) is 4.99 Å². The Morgan fingerprint density at radius 3 is 2.89 bits per heavy atom. The van der Waals surface area contributed by atoms with E-state index in [2.05, 4.69) is 38.0 Å². The van der Waals surface area contributed by atoms with Gasteiger partial charge in [-0.05, 0) is 55.5 Å². The third kappa shape index (κ3) is 4.85. The topological polar surface area (TPSA) is 85.8 Å². The van der Waals surface area contributed by atoms with Crippen LogP contribution in [0.5, 0.6) is 5.75 Å². The molecule has 0 spiro atoms. The second-order valence-corrected chi connectivity index (χ2v) is 10.2. The van der Waals surface area contributed by atoms with E-state index in [1.165, 1.54) is 11.6 Å². The van der Waals surface area contributed by atoms with Gasteiger partial charge >= 0.3 is 0 Å². The number of carbonyl (C=O) groups is 1. The molecule has 0 bridgehead atoms. The molecule has 1 fully saturated rings. The fraction of sp³-hybridized carbons (Fsp3) is 0.346. The lowest BCUT2D eigenvalue weighted by Gasteiger charge is -2.35. The van der Waals surface area contributed by atoms with Crippen molar-refractivity contribution in [2.45, 2.75) is 38.0 Å². The van der Waals surface area contributed by atoms with Crippen molar-refractivity contribution in [3.05, 3.63) is 69.8 Å². The summed E-state index contributed by atoms with van der Waals surface area (Å²) in [6.07, 6.45) is 6.77. The Morgan fingerprint density at radius 2 is 2.19 bits per heavy atom. The van der Waals surface area contributed by atoms with Crippen molar-refractivity contribution in [1.82, 2.24) is 19.8 Å². The SMILES string of the molecule is C=CC(=O)N1CCC(c2c[nH]c3c2C(Nc2ccc(OC(C)c4cscn4)c(Cl)c2)N(C)C=N3)CC1. The Bertz CT molecular complexity index is 1270. The number of aliphatic imine (C=N–C) groups is 1. The van der Waals surface area contributed by atoms with Crippen LogP contribution in [0.25, 0.3) is 0 Å². The minimum atomic E-state index is -0.189. The molecular weight excluding hydrogens is 496 g/mol. The van der Waals surface area contributed by atoms with Crippen molar-refractivity contribution in [2.75, 3.05) is 25.5 Å². The third-order valence-electron chi connectivity index (χ3n) is 6.81. The molecule has 188 valence electrons. The normalized spacial score (nSPS) is 18.6. The van der Waals surface area contributed by atoms with E-state index in [1.807, 2.05) is 48.8 Å². The molecule has 0 saturated carbocycles. The van der Waals surface area contributed by atoms with Gasteiger partial charge in [0.05, 0.1) is 22.6 Å². The molecule has 2 aliphatic heterocycles. The van der Waals surface area contributed by atoms with Crippen LogP contribution in [0.15, 0.2) is 52.9 Å². The lowest BCUT2D eigenvalue weighted by molar-refractivity contribution is -0.127. The van der Waals surface area contributed by atoms with E-state index in [9.17, 15) is 4.79 Å². The number of aromatic nitrogens is 2. The van der Waals surface area contributed by atoms with Gasteiger partial charge in [0.2, 0.25) is 5.91 Å². The predicted octanol–water partition coefficient (Wildman–Crippen LogP) is 5.87. The lowest BCUT2D eigenvalue weighted by Crippen LogP contribution is -2.37. The van der Waals surface area contributed by atoms with Gasteiger partial charge in [0.15, 0.2) is 0 Å². The summed E-state index contributed by atoms with van der Waals surface area (Å²) in [5, 5.41) is 6.13. The highest BCUT2D eigenvalue weighted by atomic mass is 35.5. The Kier molecular flexibility index (Phi) is 7.02. The molecule has 1 saturated heterocycles. The number of anilines is 1. The van der Waals surface area contributed by atoms with Crippen molar-refractivity contribution in [3.63, 3.8) is 0 Å². The number of nitrogens with zero attached hydrogens (tertiary/aromatic N) is 4. The fourth-order valence-corrected chi connectivity index (χ4v) is 5.68. The first kappa shape index (κ1) is 24.4. The van der Waals surface area contributed by atoms with Gasteiger partial charge in [-0.25, -0.2) is 9.98 Å². The van der Waals surface area contributed by atoms with E-state index in [0.717, 1.165) is 48.7 Å². The number of piperidine rings is 1. The van der Waals surface area contributed by atoms with Gasteiger partial charge < -0.3 is 24.8 Å². The monoisotopic (exact) mass is 524 g/mol. The number of benzene rings is 1. The summed E-state index contributed by atoms with van der Waals surface area (Å²) in [5.74, 6) is 1.81. The molecule has 4 heterocycles. The first-order valence-electron chi connectivity index (χ1n) is 11.9. The summed E-state index contributed by atoms with van der Waals surface area (Å²) in [4.78, 5) is 28.2. The number of amides is 1. The predicted molar refractivity (Wildman–Crippen MR) is 144 cm³/mol. The highest BCUT2D eigenvalue weighted by Gasteiger charge is 2.32. The summed E-state index contributed by atoms with van der Waals surface area (Å²) in [7, 11) is 2.00. The van der Waals surface area contributed by atoms with Crippen molar-refractivity contribution in [3.8, 4) is 5.75 Å². The summed E-state index contributed by atoms with van der Waals surface area (Å²) < 4.78 is 6.05. The molecular formula is C26H29ClN6O2S. The Labute approximate surface area is 219 Å². The first-order chi connectivity index (χ1) is 17.4. The molecule has 2 unspecified atom stereocenters. The highest BCUT2D eigenvalue weighted by molar-refractivity contribution is 7.07. The fourth-order valence-electron chi connectivity index (χ4n) is 4.82. The second-order valence-electron chi connectivity index (χ2n) is 9.09. The van der Waals surface area contributed by atoms with Crippen LogP contribution >= 0.6 is 22.9 Å². The van der Waals surface area contributed by atoms with Gasteiger partial charge in [0, 0.05) is 43.0 Å². The maximum Gasteiger partial charge on any atom is 0.245 e. The molecule has 3 aromatic rings. The van der Waals surface area contributed by atoms with E-state index >= 15 is 0 Å². The highest BCUT2D eigenvalue weighted by Crippen LogP contribution is 2.42. The summed E-state index contributed by atoms with van der Waals surface area (Å²) in [6, 6.07) is 5.74. The zero-order valence-electron chi connectivity index (χ0n) is 20.3. The number of hydrogen-bond donors (Lipinski definition) is 2.